The summed E-state index contributed by atoms with van der Waals surface area (Å²) in [5.41, 5.74) is 1.53. The van der Waals surface area contributed by atoms with E-state index in [4.69, 9.17) is 4.99 Å². The van der Waals surface area contributed by atoms with Gasteiger partial charge in [-0.15, -0.1) is 35.3 Å². The van der Waals surface area contributed by atoms with E-state index in [2.05, 4.69) is 68.8 Å². The Balaban J connectivity index is 0.00000441. The smallest absolute Gasteiger partial charge is 0.191 e. The summed E-state index contributed by atoms with van der Waals surface area (Å²) in [6.07, 6.45) is 0. The summed E-state index contributed by atoms with van der Waals surface area (Å²) in [6, 6.07) is 2.15. The fourth-order valence-electron chi connectivity index (χ4n) is 2.29. The average molecular weight is 438 g/mol. The van der Waals surface area contributed by atoms with Crippen LogP contribution in [0.1, 0.15) is 31.2 Å². The number of nitrogens with zero attached hydrogens (tertiary/aromatic N) is 2. The monoisotopic (exact) mass is 438 g/mol. The molecule has 1 aromatic heterocycles. The number of guanidine groups is 1. The number of halogens is 1. The van der Waals surface area contributed by atoms with E-state index < -0.39 is 0 Å². The van der Waals surface area contributed by atoms with Crippen LogP contribution in [-0.2, 0) is 6.54 Å². The molecule has 2 N–H and O–H groups in total. The SMILES string of the molecule is CCNC(=NCc1sccc1C)NCC(C)(C)CN(C)C.I. The van der Waals surface area contributed by atoms with E-state index in [0.717, 1.165) is 32.1 Å². The first-order chi connectivity index (χ1) is 9.84. The molecule has 0 spiro atoms. The van der Waals surface area contributed by atoms with Crippen molar-refractivity contribution in [2.45, 2.75) is 34.2 Å². The summed E-state index contributed by atoms with van der Waals surface area (Å²) in [5.74, 6) is 0.900. The van der Waals surface area contributed by atoms with Crippen molar-refractivity contribution in [1.29, 1.82) is 0 Å². The second kappa shape index (κ2) is 10.4. The van der Waals surface area contributed by atoms with Crippen molar-refractivity contribution < 1.29 is 0 Å². The van der Waals surface area contributed by atoms with E-state index in [9.17, 15) is 0 Å². The maximum absolute atomic E-state index is 4.69. The van der Waals surface area contributed by atoms with Gasteiger partial charge in [-0.25, -0.2) is 4.99 Å². The quantitative estimate of drug-likeness (QED) is 0.390. The molecular weight excluding hydrogens is 407 g/mol. The molecule has 0 aliphatic carbocycles. The Morgan fingerprint density at radius 3 is 2.50 bits per heavy atom. The van der Waals surface area contributed by atoms with Crippen molar-refractivity contribution in [3.8, 4) is 0 Å². The molecule has 0 aliphatic rings. The lowest BCUT2D eigenvalue weighted by Crippen LogP contribution is -2.44. The third kappa shape index (κ3) is 8.33. The van der Waals surface area contributed by atoms with Crippen molar-refractivity contribution in [3.63, 3.8) is 0 Å². The van der Waals surface area contributed by atoms with Gasteiger partial charge in [-0.1, -0.05) is 13.8 Å². The van der Waals surface area contributed by atoms with E-state index in [1.807, 2.05) is 0 Å². The second-order valence-corrected chi connectivity index (χ2v) is 7.48. The molecule has 0 fully saturated rings. The Labute approximate surface area is 156 Å². The van der Waals surface area contributed by atoms with Gasteiger partial charge in [-0.05, 0) is 50.4 Å². The first-order valence-corrected chi connectivity index (χ1v) is 8.42. The van der Waals surface area contributed by atoms with E-state index in [0.29, 0.717) is 0 Å². The molecule has 1 heterocycles. The van der Waals surface area contributed by atoms with Gasteiger partial charge in [0.2, 0.25) is 0 Å². The summed E-state index contributed by atoms with van der Waals surface area (Å²) in [4.78, 5) is 8.25. The summed E-state index contributed by atoms with van der Waals surface area (Å²) >= 11 is 1.77. The lowest BCUT2D eigenvalue weighted by molar-refractivity contribution is 0.241. The highest BCUT2D eigenvalue weighted by atomic mass is 127. The van der Waals surface area contributed by atoms with Gasteiger partial charge in [0.1, 0.15) is 0 Å². The highest BCUT2D eigenvalue weighted by molar-refractivity contribution is 14.0. The summed E-state index contributed by atoms with van der Waals surface area (Å²) < 4.78 is 0. The van der Waals surface area contributed by atoms with Crippen LogP contribution in [0.15, 0.2) is 16.4 Å². The fourth-order valence-corrected chi connectivity index (χ4v) is 3.12. The minimum Gasteiger partial charge on any atom is -0.357 e. The molecular formula is C16H31IN4S. The van der Waals surface area contributed by atoms with Gasteiger partial charge in [-0.3, -0.25) is 0 Å². The zero-order valence-electron chi connectivity index (χ0n) is 14.7. The average Bonchev–Trinajstić information content (AvgIpc) is 2.77. The van der Waals surface area contributed by atoms with Gasteiger partial charge in [-0.2, -0.15) is 0 Å². The summed E-state index contributed by atoms with van der Waals surface area (Å²) in [6.45, 7) is 12.3. The maximum atomic E-state index is 4.69. The summed E-state index contributed by atoms with van der Waals surface area (Å²) in [5, 5.41) is 8.91. The van der Waals surface area contributed by atoms with Crippen LogP contribution in [0.4, 0.5) is 0 Å². The number of hydrogen-bond donors (Lipinski definition) is 2. The Kier molecular flexibility index (Phi) is 10.3. The van der Waals surface area contributed by atoms with E-state index in [1.165, 1.54) is 10.4 Å². The number of hydrogen-bond acceptors (Lipinski definition) is 3. The van der Waals surface area contributed by atoms with Gasteiger partial charge < -0.3 is 15.5 Å². The van der Waals surface area contributed by atoms with Gasteiger partial charge in [0, 0.05) is 24.5 Å². The molecule has 22 heavy (non-hydrogen) atoms. The maximum Gasteiger partial charge on any atom is 0.191 e. The normalized spacial score (nSPS) is 12.2. The van der Waals surface area contributed by atoms with Crippen molar-refractivity contribution in [2.24, 2.45) is 10.4 Å². The highest BCUT2D eigenvalue weighted by Crippen LogP contribution is 2.16. The van der Waals surface area contributed by atoms with E-state index in [-0.39, 0.29) is 29.4 Å². The Bertz CT molecular complexity index is 455. The third-order valence-electron chi connectivity index (χ3n) is 3.17. The van der Waals surface area contributed by atoms with Crippen LogP contribution in [0.5, 0.6) is 0 Å². The molecule has 1 aromatic rings. The third-order valence-corrected chi connectivity index (χ3v) is 4.18. The van der Waals surface area contributed by atoms with Gasteiger partial charge >= 0.3 is 0 Å². The van der Waals surface area contributed by atoms with Crippen LogP contribution >= 0.6 is 35.3 Å². The molecule has 0 saturated heterocycles. The van der Waals surface area contributed by atoms with Gasteiger partial charge in [0.15, 0.2) is 5.96 Å². The van der Waals surface area contributed by atoms with Gasteiger partial charge in [0.05, 0.1) is 6.54 Å². The second-order valence-electron chi connectivity index (χ2n) is 6.48. The topological polar surface area (TPSA) is 39.7 Å². The number of rotatable bonds is 7. The van der Waals surface area contributed by atoms with Crippen molar-refractivity contribution in [3.05, 3.63) is 21.9 Å². The van der Waals surface area contributed by atoms with Crippen molar-refractivity contribution >= 4 is 41.3 Å². The molecule has 0 unspecified atom stereocenters. The zero-order valence-corrected chi connectivity index (χ0v) is 17.8. The molecule has 6 heteroatoms. The van der Waals surface area contributed by atoms with E-state index >= 15 is 0 Å². The standard InChI is InChI=1S/C16H30N4S.HI/c1-7-17-15(18-10-14-13(2)8-9-21-14)19-11-16(3,4)12-20(5)6;/h8-9H,7,10-12H2,1-6H3,(H2,17,18,19);1H. The number of aryl methyl sites for hydroxylation is 1. The van der Waals surface area contributed by atoms with E-state index in [1.54, 1.807) is 11.3 Å². The molecule has 0 aliphatic heterocycles. The van der Waals surface area contributed by atoms with Crippen LogP contribution < -0.4 is 10.6 Å². The number of nitrogens with one attached hydrogen (secondary N) is 2. The lowest BCUT2D eigenvalue weighted by Gasteiger charge is -2.29. The Hall–Kier alpha value is -0.340. The number of thiophene rings is 1. The molecule has 4 nitrogen and oxygen atoms in total. The predicted octanol–water partition coefficient (Wildman–Crippen LogP) is 3.32. The highest BCUT2D eigenvalue weighted by Gasteiger charge is 2.19. The molecule has 0 aromatic carbocycles. The van der Waals surface area contributed by atoms with Crippen molar-refractivity contribution in [1.82, 2.24) is 15.5 Å². The first-order valence-electron chi connectivity index (χ1n) is 7.54. The minimum absolute atomic E-state index is 0. The minimum atomic E-state index is 0. The van der Waals surface area contributed by atoms with Gasteiger partial charge in [0.25, 0.3) is 0 Å². The molecule has 0 saturated carbocycles. The van der Waals surface area contributed by atoms with Crippen LogP contribution in [0, 0.1) is 12.3 Å². The van der Waals surface area contributed by atoms with Crippen LogP contribution in [0.2, 0.25) is 0 Å². The van der Waals surface area contributed by atoms with Crippen LogP contribution in [0.25, 0.3) is 0 Å². The Morgan fingerprint density at radius 2 is 2.00 bits per heavy atom. The predicted molar refractivity (Wildman–Crippen MR) is 110 cm³/mol. The number of aliphatic imine (C=N–C) groups is 1. The lowest BCUT2D eigenvalue weighted by atomic mass is 9.93. The molecule has 1 rings (SSSR count). The zero-order chi connectivity index (χ0) is 15.9. The summed E-state index contributed by atoms with van der Waals surface area (Å²) in [7, 11) is 4.22. The molecule has 0 radical (unpaired) electrons. The molecule has 128 valence electrons. The van der Waals surface area contributed by atoms with Crippen LogP contribution in [0.3, 0.4) is 0 Å². The first kappa shape index (κ1) is 21.7. The Morgan fingerprint density at radius 1 is 1.32 bits per heavy atom. The largest absolute Gasteiger partial charge is 0.357 e. The molecule has 0 atom stereocenters. The molecule has 0 bridgehead atoms. The van der Waals surface area contributed by atoms with Crippen LogP contribution in [-0.4, -0.2) is 44.6 Å². The molecule has 0 amide bonds. The van der Waals surface area contributed by atoms with Crippen molar-refractivity contribution in [2.75, 3.05) is 33.7 Å². The fraction of sp³-hybridized carbons (Fsp3) is 0.688.